The molecule has 0 aromatic carbocycles. The van der Waals surface area contributed by atoms with Crippen LogP contribution < -0.4 is 5.32 Å². The van der Waals surface area contributed by atoms with E-state index in [2.05, 4.69) is 10.6 Å². The molecule has 0 aliphatic carbocycles. The predicted molar refractivity (Wildman–Crippen MR) is 254 cm³/mol. The van der Waals surface area contributed by atoms with Gasteiger partial charge in [0.1, 0.15) is 153 Å². The summed E-state index contributed by atoms with van der Waals surface area (Å²) in [5.74, 6) is -1.43. The lowest BCUT2D eigenvalue weighted by atomic mass is 9.94. The molecule has 22 fully saturated rings. The maximum Gasteiger partial charge on any atom is 0.341 e. The van der Waals surface area contributed by atoms with Gasteiger partial charge >= 0.3 is 12.0 Å². The zero-order valence-electron chi connectivity index (χ0n) is 43.5. The van der Waals surface area contributed by atoms with Crippen molar-refractivity contribution in [1.29, 1.82) is 0 Å². The molecule has 22 saturated heterocycles. The van der Waals surface area contributed by atoms with Gasteiger partial charge < -0.3 is 159 Å². The SMILES string of the molecule is CC(C)C(NC(=O)N(CCCl)N=O)C(=O)O.OC[C@H]1O[C@@H]2O[C@H]3[C@H](O)[C@@H](O)[C@@H](O[C@H]4[C@H](O)[C@@H](O)[C@@H](O[C@H]5[C@H](O)[C@@H](O)[C@@H](O[C@H]6[C@H](O)[C@@H](O)[C@@H](O[C@H]7[C@H](O)[C@@H](O)[C@@H](O[C@H]1[C@H](O)[C@H]2O)O[C@@H]7CO)O[C@@H]6CO)O[C@@H]5CO)O[C@@H]4CO)O[C@@H]3CO. The monoisotopic (exact) mass is 1220 g/mol. The Hall–Kier alpha value is -2.57. The highest BCUT2D eigenvalue weighted by Gasteiger charge is 2.59. The van der Waals surface area contributed by atoms with Gasteiger partial charge in [-0.3, -0.25) is 0 Å². The van der Waals surface area contributed by atoms with Crippen molar-refractivity contribution in [2.24, 2.45) is 11.2 Å². The summed E-state index contributed by atoms with van der Waals surface area (Å²) in [6, 6.07) is -1.93. The van der Waals surface area contributed by atoms with Crippen molar-refractivity contribution in [2.75, 3.05) is 52.1 Å². The first kappa shape index (κ1) is 68.5. The van der Waals surface area contributed by atoms with Crippen LogP contribution in [0.25, 0.3) is 0 Å². The first-order valence-electron chi connectivity index (χ1n) is 25.7. The van der Waals surface area contributed by atoms with Crippen molar-refractivity contribution in [1.82, 2.24) is 10.3 Å². The van der Waals surface area contributed by atoms with Crippen molar-refractivity contribution in [3.63, 3.8) is 0 Å². The Kier molecular flexibility index (Phi) is 25.4. The Labute approximate surface area is 468 Å². The lowest BCUT2D eigenvalue weighted by Gasteiger charge is -2.50. The molecule has 22 aliphatic rings. The van der Waals surface area contributed by atoms with E-state index in [0.29, 0.717) is 5.01 Å². The van der Waals surface area contributed by atoms with E-state index in [1.165, 1.54) is 0 Å². The molecule has 82 heavy (non-hydrogen) atoms. The molecular formula is C44H74ClN3O34. The highest BCUT2D eigenvalue weighted by atomic mass is 35.5. The number of carbonyl (C=O) groups is 2. The van der Waals surface area contributed by atoms with Crippen LogP contribution in [-0.2, 0) is 61.6 Å². The van der Waals surface area contributed by atoms with E-state index in [1.807, 2.05) is 0 Å². The molecule has 0 saturated carbocycles. The maximum atomic E-state index is 11.4. The van der Waals surface area contributed by atoms with E-state index in [-0.39, 0.29) is 18.3 Å². The number of halogens is 1. The summed E-state index contributed by atoms with van der Waals surface area (Å²) in [4.78, 5) is 32.4. The number of aliphatic carboxylic acids is 1. The topological polar surface area (TPSA) is 574 Å². The number of urea groups is 1. The number of hydrogen-bond donors (Lipinski definition) is 20. The first-order valence-corrected chi connectivity index (χ1v) is 26.3. The normalized spacial score (nSPS) is 46.9. The Morgan fingerprint density at radius 2 is 0.622 bits per heavy atom. The fourth-order valence-electron chi connectivity index (χ4n) is 9.91. The predicted octanol–water partition coefficient (Wildman–Crippen LogP) is -12.0. The molecule has 38 heteroatoms. The smallest absolute Gasteiger partial charge is 0.341 e. The minimum atomic E-state index is -2.15. The van der Waals surface area contributed by atoms with Gasteiger partial charge in [0.05, 0.1) is 51.5 Å². The van der Waals surface area contributed by atoms with Crippen LogP contribution in [0.15, 0.2) is 5.29 Å². The van der Waals surface area contributed by atoms with Gasteiger partial charge in [0.25, 0.3) is 0 Å². The van der Waals surface area contributed by atoms with Crippen molar-refractivity contribution in [3.8, 4) is 0 Å². The van der Waals surface area contributed by atoms with Gasteiger partial charge in [0, 0.05) is 5.88 Å². The number of rotatable bonds is 12. The van der Waals surface area contributed by atoms with Crippen molar-refractivity contribution < 1.29 is 163 Å². The molecule has 0 aromatic heterocycles. The second kappa shape index (κ2) is 30.4. The number of amides is 2. The maximum absolute atomic E-state index is 11.4. The summed E-state index contributed by atoms with van der Waals surface area (Å²) >= 11 is 5.34. The van der Waals surface area contributed by atoms with Gasteiger partial charge in [-0.2, -0.15) is 5.01 Å². The number of nitrogens with zero attached hydrogens (tertiary/aromatic N) is 2. The highest BCUT2D eigenvalue weighted by molar-refractivity contribution is 6.18. The summed E-state index contributed by atoms with van der Waals surface area (Å²) in [5.41, 5.74) is 0. The van der Waals surface area contributed by atoms with Crippen LogP contribution in [0, 0.1) is 10.8 Å². The number of carboxylic acid groups (broad SMARTS) is 1. The molecule has 0 spiro atoms. The number of aliphatic hydroxyl groups is 18. The number of carbonyl (C=O) groups excluding carboxylic acids is 1. The van der Waals surface area contributed by atoms with E-state index in [4.69, 9.17) is 73.5 Å². The third-order valence-corrected chi connectivity index (χ3v) is 14.7. The van der Waals surface area contributed by atoms with E-state index in [1.54, 1.807) is 13.8 Å². The first-order chi connectivity index (χ1) is 38.9. The van der Waals surface area contributed by atoms with Gasteiger partial charge in [-0.05, 0) is 5.92 Å². The summed E-state index contributed by atoms with van der Waals surface area (Å²) in [7, 11) is 0. The van der Waals surface area contributed by atoms with Crippen molar-refractivity contribution in [3.05, 3.63) is 4.91 Å². The van der Waals surface area contributed by atoms with Crippen LogP contribution in [0.2, 0.25) is 0 Å². The van der Waals surface area contributed by atoms with Crippen molar-refractivity contribution in [2.45, 2.75) is 204 Å². The number of nitrogens with one attached hydrogen (secondary N) is 1. The molecule has 37 nitrogen and oxygen atoms in total. The zero-order chi connectivity index (χ0) is 60.8. The molecule has 1 unspecified atom stereocenters. The van der Waals surface area contributed by atoms with Crippen molar-refractivity contribution >= 4 is 23.6 Å². The molecule has 22 rings (SSSR count). The average Bonchev–Trinajstić information content (AvgIpc) is 3.25. The van der Waals surface area contributed by atoms with Crippen LogP contribution in [0.3, 0.4) is 0 Å². The average molecular weight is 1220 g/mol. The van der Waals surface area contributed by atoms with Gasteiger partial charge in [-0.25, -0.2) is 9.59 Å². The number of hydrogen-bond acceptors (Lipinski definition) is 34. The highest BCUT2D eigenvalue weighted by Crippen LogP contribution is 2.38. The Morgan fingerprint density at radius 1 is 0.415 bits per heavy atom. The molecule has 22 heterocycles. The zero-order valence-corrected chi connectivity index (χ0v) is 44.3. The number of nitroso groups, excluding NO2 is 1. The quantitative estimate of drug-likeness (QED) is 0.0490. The molecule has 476 valence electrons. The minimum absolute atomic E-state index is 0.0403. The van der Waals surface area contributed by atoms with Gasteiger partial charge in [-0.15, -0.1) is 16.5 Å². The molecule has 31 atom stereocenters. The second-order valence-corrected chi connectivity index (χ2v) is 20.6. The van der Waals surface area contributed by atoms with Crippen LogP contribution in [0.4, 0.5) is 4.79 Å². The molecular weight excluding hydrogens is 1150 g/mol. The standard InChI is InChI=1S/C36H60O30.C8H14ClN3O4/c37-1-7-25-13(43)19(49)31(55-7)62-26-8(2-38)57-33(21(51)15(26)45)64-28-10(4-40)59-35(23(53)17(28)47)66-30-12(6-42)60-36(24(54)18(30)48)65-29-11(5-41)58-34(22(52)16(29)46)63-27-9(3-39)56-32(61-25)20(50)14(27)44;1-5(2)6(7(13)14)10-8(15)12(11-16)4-3-9/h7-54H,1-6H2;5-6H,3-4H2,1-2H3,(H,10,15)(H,13,14)/t7-,8-,9-,10-,11-,12-,13-,14-,15-,16-,17-,18-,19-,20-,21-,22-,23-,24-,25-,26-,27-,28-,29-,30-,31-,32-,33-,34-,35-,36-;/m1./s1. The van der Waals surface area contributed by atoms with E-state index < -0.39 is 242 Å². The fourth-order valence-corrected chi connectivity index (χ4v) is 10.1. The largest absolute Gasteiger partial charge is 0.480 e. The minimum Gasteiger partial charge on any atom is -0.480 e. The molecule has 2 amide bonds. The number of ether oxygens (including phenoxy) is 12. The number of alkyl halides is 1. The third kappa shape index (κ3) is 14.9. The fraction of sp³-hybridized carbons (Fsp3) is 0.955. The molecule has 0 radical (unpaired) electrons. The molecule has 20 N–H and O–H groups in total. The Bertz CT molecular complexity index is 1710. The Balaban J connectivity index is 0.000000588. The molecule has 12 bridgehead atoms. The molecule has 22 aliphatic heterocycles. The molecule has 0 aromatic rings. The summed E-state index contributed by atoms with van der Waals surface area (Å²) < 4.78 is 67.9. The lowest BCUT2D eigenvalue weighted by molar-refractivity contribution is -0.404. The second-order valence-electron chi connectivity index (χ2n) is 20.2. The van der Waals surface area contributed by atoms with Gasteiger partial charge in [-0.1, -0.05) is 13.8 Å². The van der Waals surface area contributed by atoms with E-state index >= 15 is 0 Å². The van der Waals surface area contributed by atoms with E-state index in [9.17, 15) is 106 Å². The number of aliphatic hydroxyl groups excluding tert-OH is 18. The van der Waals surface area contributed by atoms with E-state index in [0.717, 1.165) is 0 Å². The lowest BCUT2D eigenvalue weighted by Crippen LogP contribution is -2.69. The van der Waals surface area contributed by atoms with Crippen LogP contribution in [0.5, 0.6) is 0 Å². The van der Waals surface area contributed by atoms with Gasteiger partial charge in [0.15, 0.2) is 37.7 Å². The van der Waals surface area contributed by atoms with Gasteiger partial charge in [0.2, 0.25) is 0 Å². The number of carboxylic acids is 1. The van der Waals surface area contributed by atoms with Crippen LogP contribution in [0.1, 0.15) is 13.8 Å². The van der Waals surface area contributed by atoms with Crippen LogP contribution >= 0.6 is 11.6 Å². The van der Waals surface area contributed by atoms with Crippen LogP contribution in [-0.4, -0.2) is 356 Å². The Morgan fingerprint density at radius 3 is 0.768 bits per heavy atom. The summed E-state index contributed by atoms with van der Waals surface area (Å²) in [6.45, 7) is -2.78. The third-order valence-electron chi connectivity index (χ3n) is 14.5. The summed E-state index contributed by atoms with van der Waals surface area (Å²) in [5, 5.41) is 210. The summed E-state index contributed by atoms with van der Waals surface area (Å²) in [6.07, 6.45) is -58.5.